The summed E-state index contributed by atoms with van der Waals surface area (Å²) in [4.78, 5) is 12.5. The fourth-order valence-electron chi connectivity index (χ4n) is 2.96. The van der Waals surface area contributed by atoms with E-state index in [0.717, 1.165) is 24.3 Å². The predicted molar refractivity (Wildman–Crippen MR) is 109 cm³/mol. The van der Waals surface area contributed by atoms with E-state index in [1.807, 2.05) is 24.3 Å². The molecule has 1 heterocycles. The third-order valence-corrected chi connectivity index (χ3v) is 7.01. The molecule has 28 heavy (non-hydrogen) atoms. The second kappa shape index (κ2) is 8.88. The summed E-state index contributed by atoms with van der Waals surface area (Å²) in [7, 11) is -3.15. The summed E-state index contributed by atoms with van der Waals surface area (Å²) in [5, 5.41) is -0.415. The van der Waals surface area contributed by atoms with Crippen LogP contribution >= 0.6 is 0 Å². The molecule has 1 aliphatic heterocycles. The van der Waals surface area contributed by atoms with E-state index >= 15 is 0 Å². The maximum absolute atomic E-state index is 12.5. The maximum atomic E-state index is 12.5. The van der Waals surface area contributed by atoms with E-state index in [1.54, 1.807) is 38.1 Å². The third kappa shape index (κ3) is 5.42. The van der Waals surface area contributed by atoms with Gasteiger partial charge in [0.15, 0.2) is 15.6 Å². The molecule has 0 radical (unpaired) electrons. The highest BCUT2D eigenvalue weighted by Gasteiger charge is 2.18. The van der Waals surface area contributed by atoms with Crippen molar-refractivity contribution in [1.29, 1.82) is 0 Å². The lowest BCUT2D eigenvalue weighted by Crippen LogP contribution is -2.16. The van der Waals surface area contributed by atoms with Gasteiger partial charge in [-0.3, -0.25) is 4.79 Å². The zero-order chi connectivity index (χ0) is 20.1. The van der Waals surface area contributed by atoms with E-state index in [4.69, 9.17) is 9.47 Å². The number of ketones is 1. The van der Waals surface area contributed by atoms with Gasteiger partial charge in [0.05, 0.1) is 24.2 Å². The molecule has 1 fully saturated rings. The highest BCUT2D eigenvalue weighted by molar-refractivity contribution is 7.91. The molecule has 2 aromatic rings. The van der Waals surface area contributed by atoms with Crippen molar-refractivity contribution < 1.29 is 22.7 Å². The van der Waals surface area contributed by atoms with Crippen LogP contribution in [0.15, 0.2) is 48.5 Å². The van der Waals surface area contributed by atoms with E-state index in [1.165, 1.54) is 0 Å². The van der Waals surface area contributed by atoms with Crippen LogP contribution in [0.4, 0.5) is 0 Å². The molecule has 0 saturated carbocycles. The molecule has 1 aliphatic rings. The molecule has 0 amide bonds. The van der Waals surface area contributed by atoms with Gasteiger partial charge < -0.3 is 9.47 Å². The summed E-state index contributed by atoms with van der Waals surface area (Å²) in [6, 6.07) is 14.4. The van der Waals surface area contributed by atoms with Crippen molar-refractivity contribution in [3.05, 3.63) is 65.2 Å². The highest BCUT2D eigenvalue weighted by Crippen LogP contribution is 2.19. The second-order valence-electron chi connectivity index (χ2n) is 7.40. The monoisotopic (exact) mass is 402 g/mol. The number of ether oxygens (including phenoxy) is 2. The molecule has 3 rings (SSSR count). The van der Waals surface area contributed by atoms with Crippen LogP contribution in [-0.4, -0.2) is 38.8 Å². The van der Waals surface area contributed by atoms with Crippen LogP contribution in [0.1, 0.15) is 41.8 Å². The number of Topliss-reactive ketones (excluding diaryl/α,β-unsaturated/α-hetero) is 1. The van der Waals surface area contributed by atoms with Crippen LogP contribution in [0.3, 0.4) is 0 Å². The topological polar surface area (TPSA) is 69.7 Å². The zero-order valence-corrected chi connectivity index (χ0v) is 17.1. The van der Waals surface area contributed by atoms with Crippen LogP contribution in [0.5, 0.6) is 5.75 Å². The molecule has 5 nitrogen and oxygen atoms in total. The van der Waals surface area contributed by atoms with E-state index in [0.29, 0.717) is 17.7 Å². The minimum Gasteiger partial charge on any atom is -0.488 e. The van der Waals surface area contributed by atoms with Gasteiger partial charge in [-0.15, -0.1) is 0 Å². The Hall–Kier alpha value is -2.18. The minimum absolute atomic E-state index is 0.00359. The van der Waals surface area contributed by atoms with E-state index in [9.17, 15) is 13.2 Å². The first-order valence-electron chi connectivity index (χ1n) is 9.50. The number of benzene rings is 2. The summed E-state index contributed by atoms with van der Waals surface area (Å²) in [5.41, 5.74) is 2.18. The summed E-state index contributed by atoms with van der Waals surface area (Å²) >= 11 is 0. The lowest BCUT2D eigenvalue weighted by Gasteiger charge is -2.12. The Bertz CT molecular complexity index is 893. The molecule has 1 unspecified atom stereocenters. The Morgan fingerprint density at radius 3 is 2.29 bits per heavy atom. The fourth-order valence-corrected chi connectivity index (χ4v) is 3.95. The quantitative estimate of drug-likeness (QED) is 0.631. The second-order valence-corrected chi connectivity index (χ2v) is 9.96. The Kier molecular flexibility index (Phi) is 6.52. The molecule has 0 N–H and O–H groups in total. The van der Waals surface area contributed by atoms with Crippen molar-refractivity contribution in [2.45, 2.75) is 43.8 Å². The van der Waals surface area contributed by atoms with Gasteiger partial charge in [0.25, 0.3) is 0 Å². The first-order valence-corrected chi connectivity index (χ1v) is 11.2. The Labute approximate surface area is 166 Å². The van der Waals surface area contributed by atoms with Gasteiger partial charge in [-0.25, -0.2) is 8.42 Å². The van der Waals surface area contributed by atoms with Gasteiger partial charge in [0.1, 0.15) is 11.9 Å². The molecular formula is C22H26O5S. The summed E-state index contributed by atoms with van der Waals surface area (Å²) in [6.45, 7) is 4.70. The van der Waals surface area contributed by atoms with E-state index in [-0.39, 0.29) is 24.1 Å². The van der Waals surface area contributed by atoms with Gasteiger partial charge in [0.2, 0.25) is 0 Å². The number of rotatable bonds is 8. The fraction of sp³-hybridized carbons (Fsp3) is 0.409. The number of carbonyl (C=O) groups is 1. The first-order chi connectivity index (χ1) is 13.3. The van der Waals surface area contributed by atoms with Crippen LogP contribution in [0, 0.1) is 0 Å². The van der Waals surface area contributed by atoms with Crippen molar-refractivity contribution in [2.24, 2.45) is 0 Å². The van der Waals surface area contributed by atoms with Crippen LogP contribution in [0.25, 0.3) is 0 Å². The minimum atomic E-state index is -3.15. The summed E-state index contributed by atoms with van der Waals surface area (Å²) in [5.74, 6) is 0.769. The number of carbonyl (C=O) groups excluding carboxylic acids is 1. The Morgan fingerprint density at radius 1 is 1.07 bits per heavy atom. The van der Waals surface area contributed by atoms with Crippen molar-refractivity contribution in [1.82, 2.24) is 0 Å². The first kappa shape index (κ1) is 20.6. The van der Waals surface area contributed by atoms with E-state index in [2.05, 4.69) is 0 Å². The van der Waals surface area contributed by atoms with Crippen molar-refractivity contribution in [2.75, 3.05) is 13.2 Å². The van der Waals surface area contributed by atoms with E-state index < -0.39 is 15.1 Å². The number of sulfone groups is 1. The lowest BCUT2D eigenvalue weighted by molar-refractivity contribution is 0.0993. The van der Waals surface area contributed by atoms with Gasteiger partial charge in [-0.1, -0.05) is 36.4 Å². The van der Waals surface area contributed by atoms with Crippen LogP contribution in [-0.2, 0) is 26.7 Å². The van der Waals surface area contributed by atoms with Crippen molar-refractivity contribution in [3.8, 4) is 5.75 Å². The third-order valence-electron chi connectivity index (χ3n) is 4.84. The van der Waals surface area contributed by atoms with Crippen molar-refractivity contribution in [3.63, 3.8) is 0 Å². The molecule has 1 saturated heterocycles. The molecule has 6 heteroatoms. The molecule has 1 atom stereocenters. The molecule has 150 valence electrons. The molecular weight excluding hydrogens is 376 g/mol. The molecule has 0 aliphatic carbocycles. The Balaban J connectivity index is 1.58. The van der Waals surface area contributed by atoms with Crippen LogP contribution < -0.4 is 4.74 Å². The van der Waals surface area contributed by atoms with Crippen LogP contribution in [0.2, 0.25) is 0 Å². The zero-order valence-electron chi connectivity index (χ0n) is 16.3. The molecule has 0 aromatic heterocycles. The molecule has 0 bridgehead atoms. The average molecular weight is 403 g/mol. The SMILES string of the molecule is CC(C)S(=O)(=O)Cc1ccc(C(=O)Cc2ccc(OC3CCOC3)cc2)cc1. The van der Waals surface area contributed by atoms with Gasteiger partial charge >= 0.3 is 0 Å². The average Bonchev–Trinajstić information content (AvgIpc) is 3.16. The largest absolute Gasteiger partial charge is 0.488 e. The highest BCUT2D eigenvalue weighted by atomic mass is 32.2. The molecule has 2 aromatic carbocycles. The summed E-state index contributed by atoms with van der Waals surface area (Å²) in [6.07, 6.45) is 1.29. The van der Waals surface area contributed by atoms with Gasteiger partial charge in [-0.05, 0) is 37.1 Å². The number of hydrogen-bond acceptors (Lipinski definition) is 5. The normalized spacial score (nSPS) is 17.0. The number of hydrogen-bond donors (Lipinski definition) is 0. The van der Waals surface area contributed by atoms with Gasteiger partial charge in [0, 0.05) is 18.4 Å². The van der Waals surface area contributed by atoms with Crippen molar-refractivity contribution >= 4 is 15.6 Å². The lowest BCUT2D eigenvalue weighted by atomic mass is 10.0. The summed E-state index contributed by atoms with van der Waals surface area (Å²) < 4.78 is 35.2. The molecule has 0 spiro atoms. The predicted octanol–water partition coefficient (Wildman–Crippen LogP) is 3.60. The maximum Gasteiger partial charge on any atom is 0.167 e. The standard InChI is InChI=1S/C22H26O5S/c1-16(2)28(24,25)15-18-3-7-19(8-4-18)22(23)13-17-5-9-20(10-6-17)27-21-11-12-26-14-21/h3-10,16,21H,11-15H2,1-2H3. The Morgan fingerprint density at radius 2 is 1.71 bits per heavy atom. The smallest absolute Gasteiger partial charge is 0.167 e. The van der Waals surface area contributed by atoms with Gasteiger partial charge in [-0.2, -0.15) is 0 Å².